The minimum absolute atomic E-state index is 0.276. The topological polar surface area (TPSA) is 34.4 Å². The third-order valence-corrected chi connectivity index (χ3v) is 5.10. The molecule has 22 heavy (non-hydrogen) atoms. The molecule has 0 atom stereocenters. The molecule has 3 rings (SSSR count). The second-order valence-corrected chi connectivity index (χ2v) is 6.83. The number of rotatable bonds is 1. The number of carbonyl (C=O) groups excluding carboxylic acids is 1. The first kappa shape index (κ1) is 15.6. The van der Waals surface area contributed by atoms with Crippen molar-refractivity contribution in [3.63, 3.8) is 0 Å². The molecule has 0 N–H and O–H groups in total. The van der Waals surface area contributed by atoms with Gasteiger partial charge < -0.3 is 4.57 Å². The maximum Gasteiger partial charge on any atom is 0.281 e. The van der Waals surface area contributed by atoms with E-state index in [2.05, 4.69) is 4.99 Å². The molecule has 3 aromatic rings. The van der Waals surface area contributed by atoms with E-state index < -0.39 is 5.91 Å². The molecule has 0 aliphatic rings. The fourth-order valence-electron chi connectivity index (χ4n) is 2.07. The summed E-state index contributed by atoms with van der Waals surface area (Å²) in [6.07, 6.45) is 0. The number of para-hydroxylation sites is 1. The number of thiazole rings is 1. The second kappa shape index (κ2) is 6.05. The monoisotopic (exact) mass is 370 g/mol. The molecule has 0 saturated carbocycles. The SMILES string of the molecule is Cn1c(=NC(=O)c2cc(Cl)ccc2Cl)sc2cccc(Cl)c21. The van der Waals surface area contributed by atoms with Gasteiger partial charge in [-0.25, -0.2) is 0 Å². The normalized spacial score (nSPS) is 12.1. The largest absolute Gasteiger partial charge is 0.318 e. The van der Waals surface area contributed by atoms with Crippen LogP contribution < -0.4 is 4.80 Å². The lowest BCUT2D eigenvalue weighted by Crippen LogP contribution is -2.13. The lowest BCUT2D eigenvalue weighted by molar-refractivity contribution is 0.0998. The summed E-state index contributed by atoms with van der Waals surface area (Å²) >= 11 is 19.5. The van der Waals surface area contributed by atoms with Crippen LogP contribution in [-0.4, -0.2) is 10.5 Å². The van der Waals surface area contributed by atoms with Crippen LogP contribution in [0.15, 0.2) is 41.4 Å². The second-order valence-electron chi connectivity index (χ2n) is 4.57. The quantitative estimate of drug-likeness (QED) is 0.596. The number of nitrogens with zero attached hydrogens (tertiary/aromatic N) is 2. The van der Waals surface area contributed by atoms with Crippen molar-refractivity contribution < 1.29 is 4.79 Å². The molecular weight excluding hydrogens is 363 g/mol. The van der Waals surface area contributed by atoms with E-state index in [0.29, 0.717) is 19.9 Å². The minimum atomic E-state index is -0.439. The van der Waals surface area contributed by atoms with Gasteiger partial charge in [-0.05, 0) is 30.3 Å². The van der Waals surface area contributed by atoms with E-state index >= 15 is 0 Å². The molecule has 0 fully saturated rings. The highest BCUT2D eigenvalue weighted by Gasteiger charge is 2.12. The van der Waals surface area contributed by atoms with E-state index in [1.54, 1.807) is 22.8 Å². The van der Waals surface area contributed by atoms with E-state index in [4.69, 9.17) is 34.8 Å². The average Bonchev–Trinajstić information content (AvgIpc) is 2.79. The van der Waals surface area contributed by atoms with Gasteiger partial charge in [0.15, 0.2) is 4.80 Å². The Balaban J connectivity index is 2.16. The van der Waals surface area contributed by atoms with Crippen molar-refractivity contribution in [1.82, 2.24) is 4.57 Å². The highest BCUT2D eigenvalue weighted by molar-refractivity contribution is 7.16. The van der Waals surface area contributed by atoms with Crippen LogP contribution >= 0.6 is 46.1 Å². The summed E-state index contributed by atoms with van der Waals surface area (Å²) in [6, 6.07) is 10.3. The van der Waals surface area contributed by atoms with Crippen LogP contribution in [0.1, 0.15) is 10.4 Å². The number of halogens is 3. The Morgan fingerprint density at radius 3 is 2.64 bits per heavy atom. The average molecular weight is 372 g/mol. The first-order valence-corrected chi connectivity index (χ1v) is 8.20. The number of hydrogen-bond donors (Lipinski definition) is 0. The summed E-state index contributed by atoms with van der Waals surface area (Å²) in [5, 5.41) is 1.37. The third-order valence-electron chi connectivity index (χ3n) is 3.13. The van der Waals surface area contributed by atoms with Crippen LogP contribution in [-0.2, 0) is 7.05 Å². The molecule has 0 aliphatic carbocycles. The molecule has 2 aromatic carbocycles. The molecule has 0 aliphatic heterocycles. The fourth-order valence-corrected chi connectivity index (χ4v) is 3.84. The summed E-state index contributed by atoms with van der Waals surface area (Å²) in [4.78, 5) is 17.0. The Labute approximate surface area is 145 Å². The zero-order valence-electron chi connectivity index (χ0n) is 11.3. The van der Waals surface area contributed by atoms with E-state index in [1.807, 2.05) is 19.2 Å². The fraction of sp³-hybridized carbons (Fsp3) is 0.0667. The minimum Gasteiger partial charge on any atom is -0.318 e. The van der Waals surface area contributed by atoms with Gasteiger partial charge in [0.25, 0.3) is 5.91 Å². The smallest absolute Gasteiger partial charge is 0.281 e. The van der Waals surface area contributed by atoms with Crippen LogP contribution in [0.4, 0.5) is 0 Å². The molecule has 3 nitrogen and oxygen atoms in total. The first-order valence-electron chi connectivity index (χ1n) is 6.25. The molecule has 1 heterocycles. The molecule has 1 amide bonds. The predicted molar refractivity (Wildman–Crippen MR) is 92.2 cm³/mol. The highest BCUT2D eigenvalue weighted by atomic mass is 35.5. The van der Waals surface area contributed by atoms with Gasteiger partial charge in [-0.3, -0.25) is 4.79 Å². The van der Waals surface area contributed by atoms with E-state index in [9.17, 15) is 4.79 Å². The molecule has 0 saturated heterocycles. The van der Waals surface area contributed by atoms with Gasteiger partial charge in [0.1, 0.15) is 0 Å². The molecule has 0 bridgehead atoms. The van der Waals surface area contributed by atoms with E-state index in [0.717, 1.165) is 10.2 Å². The molecule has 112 valence electrons. The Kier molecular flexibility index (Phi) is 4.28. The van der Waals surface area contributed by atoms with Crippen molar-refractivity contribution in [3.05, 3.63) is 61.8 Å². The number of carbonyl (C=O) groups is 1. The Hall–Kier alpha value is -1.33. The van der Waals surface area contributed by atoms with Crippen molar-refractivity contribution >= 4 is 62.3 Å². The zero-order valence-corrected chi connectivity index (χ0v) is 14.4. The summed E-state index contributed by atoms with van der Waals surface area (Å²) in [6.45, 7) is 0. The lowest BCUT2D eigenvalue weighted by atomic mass is 10.2. The lowest BCUT2D eigenvalue weighted by Gasteiger charge is -2.00. The summed E-state index contributed by atoms with van der Waals surface area (Å²) in [5.41, 5.74) is 1.12. The van der Waals surface area contributed by atoms with Crippen molar-refractivity contribution in [2.24, 2.45) is 12.0 Å². The van der Waals surface area contributed by atoms with Crippen LogP contribution in [0.2, 0.25) is 15.1 Å². The van der Waals surface area contributed by atoms with Crippen molar-refractivity contribution in [3.8, 4) is 0 Å². The Bertz CT molecular complexity index is 959. The number of fused-ring (bicyclic) bond motifs is 1. The number of amides is 1. The van der Waals surface area contributed by atoms with Crippen molar-refractivity contribution in [2.75, 3.05) is 0 Å². The van der Waals surface area contributed by atoms with Gasteiger partial charge >= 0.3 is 0 Å². The highest BCUT2D eigenvalue weighted by Crippen LogP contribution is 2.25. The summed E-state index contributed by atoms with van der Waals surface area (Å²) < 4.78 is 2.75. The third kappa shape index (κ3) is 2.79. The van der Waals surface area contributed by atoms with Crippen LogP contribution in [0.5, 0.6) is 0 Å². The molecule has 7 heteroatoms. The molecule has 1 aromatic heterocycles. The maximum absolute atomic E-state index is 12.4. The maximum atomic E-state index is 12.4. The molecule has 0 unspecified atom stereocenters. The van der Waals surface area contributed by atoms with E-state index in [-0.39, 0.29) is 5.56 Å². The van der Waals surface area contributed by atoms with Crippen LogP contribution in [0, 0.1) is 0 Å². The van der Waals surface area contributed by atoms with E-state index in [1.165, 1.54) is 17.4 Å². The van der Waals surface area contributed by atoms with Crippen molar-refractivity contribution in [1.29, 1.82) is 0 Å². The first-order chi connectivity index (χ1) is 10.5. The van der Waals surface area contributed by atoms with Gasteiger partial charge in [-0.1, -0.05) is 52.2 Å². The number of hydrogen-bond acceptors (Lipinski definition) is 2. The summed E-state index contributed by atoms with van der Waals surface area (Å²) in [5.74, 6) is -0.439. The number of aryl methyl sites for hydroxylation is 1. The van der Waals surface area contributed by atoms with Gasteiger partial charge in [-0.2, -0.15) is 4.99 Å². The van der Waals surface area contributed by atoms with Gasteiger partial charge in [-0.15, -0.1) is 0 Å². The predicted octanol–water partition coefficient (Wildman–Crippen LogP) is 4.94. The van der Waals surface area contributed by atoms with Gasteiger partial charge in [0.2, 0.25) is 0 Å². The zero-order chi connectivity index (χ0) is 15.9. The number of aromatic nitrogens is 1. The van der Waals surface area contributed by atoms with Crippen molar-refractivity contribution in [2.45, 2.75) is 0 Å². The van der Waals surface area contributed by atoms with Gasteiger partial charge in [0, 0.05) is 12.1 Å². The standard InChI is InChI=1S/C15H9Cl3N2OS/c1-20-13-11(18)3-2-4-12(13)22-15(20)19-14(21)9-7-8(16)5-6-10(9)17/h2-7H,1H3. The molecule has 0 radical (unpaired) electrons. The molecule has 0 spiro atoms. The van der Waals surface area contributed by atoms with Gasteiger partial charge in [0.05, 0.1) is 25.8 Å². The van der Waals surface area contributed by atoms with Crippen LogP contribution in [0.3, 0.4) is 0 Å². The summed E-state index contributed by atoms with van der Waals surface area (Å²) in [7, 11) is 1.82. The number of benzene rings is 2. The Morgan fingerprint density at radius 1 is 1.14 bits per heavy atom. The van der Waals surface area contributed by atoms with Crippen LogP contribution in [0.25, 0.3) is 10.2 Å². The Morgan fingerprint density at radius 2 is 1.91 bits per heavy atom. The molecular formula is C15H9Cl3N2OS.